The van der Waals surface area contributed by atoms with Gasteiger partial charge < -0.3 is 4.90 Å². The number of anilines is 1. The SMILES string of the molecule is Cc1cc(C)cc(N2C(=O)N(Cc3cc(C)ccc3C)[C@@H]3CS(=O)(=O)C[C@H]32)c1. The van der Waals surface area contributed by atoms with E-state index >= 15 is 0 Å². The van der Waals surface area contributed by atoms with Crippen LogP contribution in [0.5, 0.6) is 0 Å². The Bertz CT molecular complexity index is 1040. The Kier molecular flexibility index (Phi) is 4.49. The van der Waals surface area contributed by atoms with Crippen molar-refractivity contribution in [2.75, 3.05) is 16.4 Å². The highest BCUT2D eigenvalue weighted by molar-refractivity contribution is 7.91. The summed E-state index contributed by atoms with van der Waals surface area (Å²) >= 11 is 0. The Balaban J connectivity index is 1.75. The minimum absolute atomic E-state index is 0.0275. The van der Waals surface area contributed by atoms with Gasteiger partial charge in [0.15, 0.2) is 9.84 Å². The third-order valence-corrected chi connectivity index (χ3v) is 7.51. The molecule has 0 aromatic heterocycles. The topological polar surface area (TPSA) is 57.7 Å². The summed E-state index contributed by atoms with van der Waals surface area (Å²) in [7, 11) is -3.17. The van der Waals surface area contributed by atoms with E-state index in [9.17, 15) is 13.2 Å². The minimum atomic E-state index is -3.17. The molecule has 2 saturated heterocycles. The van der Waals surface area contributed by atoms with Gasteiger partial charge in [0.1, 0.15) is 0 Å². The molecule has 4 rings (SSSR count). The van der Waals surface area contributed by atoms with E-state index < -0.39 is 9.84 Å². The maximum Gasteiger partial charge on any atom is 0.325 e. The zero-order chi connectivity index (χ0) is 20.2. The van der Waals surface area contributed by atoms with Gasteiger partial charge in [-0.15, -0.1) is 0 Å². The van der Waals surface area contributed by atoms with Gasteiger partial charge in [0, 0.05) is 12.2 Å². The summed E-state index contributed by atoms with van der Waals surface area (Å²) in [4.78, 5) is 16.9. The molecule has 2 heterocycles. The van der Waals surface area contributed by atoms with E-state index in [4.69, 9.17) is 0 Å². The van der Waals surface area contributed by atoms with E-state index in [1.165, 1.54) is 0 Å². The summed E-state index contributed by atoms with van der Waals surface area (Å²) in [5.41, 5.74) is 6.23. The molecular weight excluding hydrogens is 372 g/mol. The standard InChI is InChI=1S/C22H26N2O3S/c1-14-5-6-17(4)18(8-14)11-23-20-12-28(26,27)13-21(20)24(22(23)25)19-9-15(2)7-16(3)10-19/h5-10,20-21H,11-13H2,1-4H3/t20-,21-/m1/s1. The molecule has 2 aliphatic rings. The van der Waals surface area contributed by atoms with Crippen molar-refractivity contribution in [3.8, 4) is 0 Å². The molecule has 2 aromatic carbocycles. The van der Waals surface area contributed by atoms with Crippen LogP contribution in [-0.2, 0) is 16.4 Å². The molecular formula is C22H26N2O3S. The van der Waals surface area contributed by atoms with E-state index in [0.717, 1.165) is 33.5 Å². The Morgan fingerprint density at radius 1 is 0.893 bits per heavy atom. The third kappa shape index (κ3) is 3.30. The molecule has 0 bridgehead atoms. The molecule has 0 saturated carbocycles. The maximum absolute atomic E-state index is 13.4. The molecule has 0 N–H and O–H groups in total. The van der Waals surface area contributed by atoms with Gasteiger partial charge in [0.2, 0.25) is 0 Å². The van der Waals surface area contributed by atoms with Crippen molar-refractivity contribution in [3.05, 3.63) is 64.2 Å². The molecule has 2 aliphatic heterocycles. The van der Waals surface area contributed by atoms with E-state index in [2.05, 4.69) is 24.3 Å². The minimum Gasteiger partial charge on any atom is -0.314 e. The Labute approximate surface area is 166 Å². The van der Waals surface area contributed by atoms with Gasteiger partial charge >= 0.3 is 6.03 Å². The third-order valence-electron chi connectivity index (χ3n) is 5.81. The van der Waals surface area contributed by atoms with Crippen LogP contribution in [0.4, 0.5) is 10.5 Å². The molecule has 5 nitrogen and oxygen atoms in total. The van der Waals surface area contributed by atoms with Gasteiger partial charge in [-0.3, -0.25) is 4.90 Å². The number of fused-ring (bicyclic) bond motifs is 1. The quantitative estimate of drug-likeness (QED) is 0.743. The van der Waals surface area contributed by atoms with Gasteiger partial charge in [-0.05, 0) is 62.1 Å². The number of nitrogens with zero attached hydrogens (tertiary/aromatic N) is 2. The van der Waals surface area contributed by atoms with E-state index in [-0.39, 0.29) is 29.6 Å². The summed E-state index contributed by atoms with van der Waals surface area (Å²) < 4.78 is 24.8. The average Bonchev–Trinajstić information content (AvgIpc) is 3.01. The summed E-state index contributed by atoms with van der Waals surface area (Å²) in [6, 6.07) is 11.4. The van der Waals surface area contributed by atoms with E-state index in [1.54, 1.807) is 9.80 Å². The smallest absolute Gasteiger partial charge is 0.314 e. The van der Waals surface area contributed by atoms with Crippen LogP contribution < -0.4 is 4.90 Å². The van der Waals surface area contributed by atoms with Crippen molar-refractivity contribution >= 4 is 21.6 Å². The lowest BCUT2D eigenvalue weighted by Gasteiger charge is -2.24. The lowest BCUT2D eigenvalue weighted by molar-refractivity contribution is 0.205. The lowest BCUT2D eigenvalue weighted by atomic mass is 10.0. The van der Waals surface area contributed by atoms with Gasteiger partial charge in [0.05, 0.1) is 23.6 Å². The van der Waals surface area contributed by atoms with Crippen molar-refractivity contribution in [2.24, 2.45) is 0 Å². The highest BCUT2D eigenvalue weighted by atomic mass is 32.2. The van der Waals surface area contributed by atoms with Crippen LogP contribution in [0.3, 0.4) is 0 Å². The molecule has 2 aromatic rings. The largest absolute Gasteiger partial charge is 0.325 e. The Morgan fingerprint density at radius 3 is 2.21 bits per heavy atom. The number of hydrogen-bond acceptors (Lipinski definition) is 3. The van der Waals surface area contributed by atoms with Crippen molar-refractivity contribution in [1.82, 2.24) is 4.90 Å². The predicted octanol–water partition coefficient (Wildman–Crippen LogP) is 3.53. The second-order valence-electron chi connectivity index (χ2n) is 8.27. The lowest BCUT2D eigenvalue weighted by Crippen LogP contribution is -2.37. The molecule has 6 heteroatoms. The fourth-order valence-corrected chi connectivity index (χ4v) is 6.46. The number of hydrogen-bond donors (Lipinski definition) is 0. The van der Waals surface area contributed by atoms with Crippen LogP contribution in [0.25, 0.3) is 0 Å². The zero-order valence-corrected chi connectivity index (χ0v) is 17.6. The van der Waals surface area contributed by atoms with Gasteiger partial charge in [-0.1, -0.05) is 29.8 Å². The van der Waals surface area contributed by atoms with E-state index in [1.807, 2.05) is 39.8 Å². The molecule has 2 atom stereocenters. The molecule has 28 heavy (non-hydrogen) atoms. The first-order valence-corrected chi connectivity index (χ1v) is 11.4. The Hall–Kier alpha value is -2.34. The summed E-state index contributed by atoms with van der Waals surface area (Å²) in [5.74, 6) is 0.0647. The van der Waals surface area contributed by atoms with Crippen LogP contribution in [0.15, 0.2) is 36.4 Å². The number of sulfone groups is 1. The first-order chi connectivity index (χ1) is 13.1. The first kappa shape index (κ1) is 19.0. The molecule has 2 amide bonds. The fourth-order valence-electron chi connectivity index (χ4n) is 4.51. The second kappa shape index (κ2) is 6.62. The number of amides is 2. The highest BCUT2D eigenvalue weighted by Crippen LogP contribution is 2.37. The van der Waals surface area contributed by atoms with Crippen molar-refractivity contribution in [3.63, 3.8) is 0 Å². The number of carbonyl (C=O) groups is 1. The maximum atomic E-state index is 13.4. The molecule has 148 valence electrons. The van der Waals surface area contributed by atoms with Crippen molar-refractivity contribution in [2.45, 2.75) is 46.3 Å². The fraction of sp³-hybridized carbons (Fsp3) is 0.409. The number of carbonyl (C=O) groups excluding carboxylic acids is 1. The van der Waals surface area contributed by atoms with Crippen LogP contribution >= 0.6 is 0 Å². The molecule has 2 fully saturated rings. The molecule has 0 spiro atoms. The van der Waals surface area contributed by atoms with Gasteiger partial charge in [0.25, 0.3) is 0 Å². The Morgan fingerprint density at radius 2 is 1.54 bits per heavy atom. The van der Waals surface area contributed by atoms with E-state index in [0.29, 0.717) is 6.54 Å². The molecule has 0 radical (unpaired) electrons. The van der Waals surface area contributed by atoms with Crippen molar-refractivity contribution < 1.29 is 13.2 Å². The summed E-state index contributed by atoms with van der Waals surface area (Å²) in [6.07, 6.45) is 0. The average molecular weight is 399 g/mol. The number of urea groups is 1. The number of aryl methyl sites for hydroxylation is 4. The normalized spacial score (nSPS) is 23.4. The molecule has 0 aliphatic carbocycles. The summed E-state index contributed by atoms with van der Waals surface area (Å²) in [5, 5.41) is 0. The second-order valence-corrected chi connectivity index (χ2v) is 10.4. The van der Waals surface area contributed by atoms with Crippen LogP contribution in [0.1, 0.15) is 27.8 Å². The molecule has 0 unspecified atom stereocenters. The summed E-state index contributed by atoms with van der Waals surface area (Å²) in [6.45, 7) is 8.48. The van der Waals surface area contributed by atoms with Gasteiger partial charge in [-0.25, -0.2) is 13.2 Å². The number of rotatable bonds is 3. The van der Waals surface area contributed by atoms with Crippen LogP contribution in [0, 0.1) is 27.7 Å². The highest BCUT2D eigenvalue weighted by Gasteiger charge is 2.53. The first-order valence-electron chi connectivity index (χ1n) is 9.59. The van der Waals surface area contributed by atoms with Crippen LogP contribution in [-0.4, -0.2) is 42.9 Å². The van der Waals surface area contributed by atoms with Crippen molar-refractivity contribution in [1.29, 1.82) is 0 Å². The zero-order valence-electron chi connectivity index (χ0n) is 16.8. The monoisotopic (exact) mass is 398 g/mol. The number of benzene rings is 2. The van der Waals surface area contributed by atoms with Crippen LogP contribution in [0.2, 0.25) is 0 Å². The van der Waals surface area contributed by atoms with Gasteiger partial charge in [-0.2, -0.15) is 0 Å². The predicted molar refractivity (Wildman–Crippen MR) is 111 cm³/mol.